The molecule has 3 rings (SSSR count). The van der Waals surface area contributed by atoms with Crippen molar-refractivity contribution in [2.45, 2.75) is 27.2 Å². The number of fused-ring (bicyclic) bond motifs is 1. The van der Waals surface area contributed by atoms with Crippen LogP contribution in [0.15, 0.2) is 36.4 Å². The van der Waals surface area contributed by atoms with E-state index in [9.17, 15) is 4.79 Å². The summed E-state index contributed by atoms with van der Waals surface area (Å²) in [5, 5.41) is 4.00. The van der Waals surface area contributed by atoms with Crippen LogP contribution in [0.1, 0.15) is 26.1 Å². The highest BCUT2D eigenvalue weighted by atomic mass is 32.1. The van der Waals surface area contributed by atoms with E-state index in [0.717, 1.165) is 21.9 Å². The molecular weight excluding hydrogens is 356 g/mol. The summed E-state index contributed by atoms with van der Waals surface area (Å²) < 4.78 is 0. The largest absolute Gasteiger partial charge is 0.359 e. The number of thiophene rings is 1. The molecule has 6 heteroatoms. The molecule has 5 nitrogen and oxygen atoms in total. The molecule has 0 aliphatic carbocycles. The lowest BCUT2D eigenvalue weighted by molar-refractivity contribution is -0.121. The highest BCUT2D eigenvalue weighted by Crippen LogP contribution is 2.36. The van der Waals surface area contributed by atoms with Gasteiger partial charge < -0.3 is 10.2 Å². The van der Waals surface area contributed by atoms with Crippen molar-refractivity contribution in [1.82, 2.24) is 15.3 Å². The van der Waals surface area contributed by atoms with Gasteiger partial charge in [-0.2, -0.15) is 0 Å². The summed E-state index contributed by atoms with van der Waals surface area (Å²) in [6, 6.07) is 12.5. The molecule has 0 unspecified atom stereocenters. The van der Waals surface area contributed by atoms with Crippen molar-refractivity contribution in [3.63, 3.8) is 0 Å². The highest BCUT2D eigenvalue weighted by molar-refractivity contribution is 7.21. The number of hydrogen-bond donors (Lipinski definition) is 1. The summed E-state index contributed by atoms with van der Waals surface area (Å²) >= 11 is 1.67. The normalized spacial score (nSPS) is 11.1. The number of anilines is 1. The van der Waals surface area contributed by atoms with Crippen molar-refractivity contribution in [3.8, 4) is 10.4 Å². The van der Waals surface area contributed by atoms with Gasteiger partial charge in [0.15, 0.2) is 0 Å². The first kappa shape index (κ1) is 19.3. The lowest BCUT2D eigenvalue weighted by Crippen LogP contribution is -2.31. The quantitative estimate of drug-likeness (QED) is 0.663. The number of amides is 1. The fraction of sp³-hybridized carbons (Fsp3) is 0.381. The Kier molecular flexibility index (Phi) is 6.06. The molecule has 0 bridgehead atoms. The van der Waals surface area contributed by atoms with E-state index in [1.807, 2.05) is 37.1 Å². The molecule has 0 saturated heterocycles. The molecule has 1 N–H and O–H groups in total. The second-order valence-electron chi connectivity index (χ2n) is 7.16. The molecule has 27 heavy (non-hydrogen) atoms. The number of nitrogens with one attached hydrogen (secondary N) is 1. The predicted octanol–water partition coefficient (Wildman–Crippen LogP) is 4.27. The van der Waals surface area contributed by atoms with Gasteiger partial charge >= 0.3 is 0 Å². The lowest BCUT2D eigenvalue weighted by Gasteiger charge is -2.19. The van der Waals surface area contributed by atoms with Gasteiger partial charge in [0.25, 0.3) is 0 Å². The van der Waals surface area contributed by atoms with E-state index >= 15 is 0 Å². The molecule has 0 saturated carbocycles. The van der Waals surface area contributed by atoms with E-state index in [0.29, 0.717) is 25.4 Å². The van der Waals surface area contributed by atoms with Crippen LogP contribution in [-0.2, 0) is 4.79 Å². The lowest BCUT2D eigenvalue weighted by atomic mass is 10.2. The van der Waals surface area contributed by atoms with Crippen molar-refractivity contribution in [2.24, 2.45) is 5.92 Å². The van der Waals surface area contributed by atoms with Crippen molar-refractivity contribution in [2.75, 3.05) is 25.0 Å². The molecule has 0 aliphatic heterocycles. The van der Waals surface area contributed by atoms with Crippen molar-refractivity contribution in [3.05, 3.63) is 42.2 Å². The first-order valence-electron chi connectivity index (χ1n) is 9.25. The monoisotopic (exact) mass is 382 g/mol. The Morgan fingerprint density at radius 3 is 2.67 bits per heavy atom. The van der Waals surface area contributed by atoms with Crippen LogP contribution in [0, 0.1) is 12.8 Å². The third-order valence-electron chi connectivity index (χ3n) is 4.29. The zero-order valence-electron chi connectivity index (χ0n) is 16.3. The van der Waals surface area contributed by atoms with Crippen LogP contribution in [0.2, 0.25) is 0 Å². The van der Waals surface area contributed by atoms with Crippen molar-refractivity contribution < 1.29 is 4.79 Å². The SMILES string of the molecule is Cc1nc(N(C)CCC(=O)NCC(C)C)c2cc(-c3ccccc3)sc2n1. The molecule has 1 aromatic carbocycles. The van der Waals surface area contributed by atoms with Gasteiger partial charge in [-0.15, -0.1) is 11.3 Å². The number of benzene rings is 1. The Hall–Kier alpha value is -2.47. The number of hydrogen-bond acceptors (Lipinski definition) is 5. The fourth-order valence-electron chi connectivity index (χ4n) is 2.83. The van der Waals surface area contributed by atoms with Crippen LogP contribution in [0.4, 0.5) is 5.82 Å². The molecule has 3 aromatic rings. The Morgan fingerprint density at radius 1 is 1.22 bits per heavy atom. The summed E-state index contributed by atoms with van der Waals surface area (Å²) in [7, 11) is 1.98. The maximum atomic E-state index is 12.0. The maximum absolute atomic E-state index is 12.0. The van der Waals surface area contributed by atoms with Gasteiger partial charge in [-0.1, -0.05) is 44.2 Å². The summed E-state index contributed by atoms with van der Waals surface area (Å²) in [6.07, 6.45) is 0.448. The summed E-state index contributed by atoms with van der Waals surface area (Å²) in [6.45, 7) is 7.42. The summed E-state index contributed by atoms with van der Waals surface area (Å²) in [4.78, 5) is 25.5. The molecule has 0 radical (unpaired) electrons. The van der Waals surface area contributed by atoms with Crippen LogP contribution < -0.4 is 10.2 Å². The maximum Gasteiger partial charge on any atom is 0.221 e. The Labute approximate surface area is 164 Å². The topological polar surface area (TPSA) is 58.1 Å². The van der Waals surface area contributed by atoms with Crippen LogP contribution in [0.5, 0.6) is 0 Å². The van der Waals surface area contributed by atoms with E-state index in [-0.39, 0.29) is 5.91 Å². The molecule has 0 spiro atoms. The molecule has 0 atom stereocenters. The Balaban J connectivity index is 1.81. The summed E-state index contributed by atoms with van der Waals surface area (Å²) in [5.41, 5.74) is 1.18. The molecule has 0 fully saturated rings. The van der Waals surface area contributed by atoms with Gasteiger partial charge in [-0.3, -0.25) is 4.79 Å². The number of rotatable bonds is 7. The minimum atomic E-state index is 0.0767. The summed E-state index contributed by atoms with van der Waals surface area (Å²) in [5.74, 6) is 2.16. The van der Waals surface area contributed by atoms with Crippen LogP contribution in [-0.4, -0.2) is 36.0 Å². The van der Waals surface area contributed by atoms with E-state index in [1.54, 1.807) is 11.3 Å². The van der Waals surface area contributed by atoms with E-state index in [2.05, 4.69) is 47.3 Å². The minimum Gasteiger partial charge on any atom is -0.359 e. The third-order valence-corrected chi connectivity index (χ3v) is 5.36. The second kappa shape index (κ2) is 8.48. The zero-order valence-corrected chi connectivity index (χ0v) is 17.1. The van der Waals surface area contributed by atoms with Crippen LogP contribution >= 0.6 is 11.3 Å². The minimum absolute atomic E-state index is 0.0767. The fourth-order valence-corrected chi connectivity index (χ4v) is 3.90. The first-order valence-corrected chi connectivity index (χ1v) is 10.1. The van der Waals surface area contributed by atoms with Gasteiger partial charge in [0.05, 0.1) is 5.39 Å². The third kappa shape index (κ3) is 4.83. The second-order valence-corrected chi connectivity index (χ2v) is 8.19. The zero-order chi connectivity index (χ0) is 19.4. The molecular formula is C21H26N4OS. The standard InChI is InChI=1S/C21H26N4OS/c1-14(2)13-22-19(26)10-11-25(4)20-17-12-18(16-8-6-5-7-9-16)27-21(17)24-15(3)23-20/h5-9,12,14H,10-11,13H2,1-4H3,(H,22,26). The first-order chi connectivity index (χ1) is 12.9. The van der Waals surface area contributed by atoms with Gasteiger partial charge in [-0.25, -0.2) is 9.97 Å². The highest BCUT2D eigenvalue weighted by Gasteiger charge is 2.15. The Bertz CT molecular complexity index is 921. The number of aromatic nitrogens is 2. The van der Waals surface area contributed by atoms with Gasteiger partial charge in [0.2, 0.25) is 5.91 Å². The molecule has 142 valence electrons. The van der Waals surface area contributed by atoms with Crippen molar-refractivity contribution in [1.29, 1.82) is 0 Å². The van der Waals surface area contributed by atoms with Gasteiger partial charge in [-0.05, 0) is 24.5 Å². The van der Waals surface area contributed by atoms with Gasteiger partial charge in [0.1, 0.15) is 16.5 Å². The van der Waals surface area contributed by atoms with Crippen LogP contribution in [0.25, 0.3) is 20.7 Å². The van der Waals surface area contributed by atoms with E-state index in [4.69, 9.17) is 0 Å². The van der Waals surface area contributed by atoms with Crippen LogP contribution in [0.3, 0.4) is 0 Å². The van der Waals surface area contributed by atoms with Crippen molar-refractivity contribution >= 4 is 33.3 Å². The number of nitrogens with zero attached hydrogens (tertiary/aromatic N) is 3. The van der Waals surface area contributed by atoms with E-state index < -0.39 is 0 Å². The molecule has 2 heterocycles. The predicted molar refractivity (Wildman–Crippen MR) is 113 cm³/mol. The number of carbonyl (C=O) groups excluding carboxylic acids is 1. The Morgan fingerprint density at radius 2 is 1.96 bits per heavy atom. The average Bonchev–Trinajstić information content (AvgIpc) is 3.08. The van der Waals surface area contributed by atoms with Gasteiger partial charge in [0, 0.05) is 31.4 Å². The number of aryl methyl sites for hydroxylation is 1. The molecule has 0 aliphatic rings. The smallest absolute Gasteiger partial charge is 0.221 e. The number of carbonyl (C=O) groups is 1. The van der Waals surface area contributed by atoms with E-state index in [1.165, 1.54) is 10.4 Å². The molecule has 1 amide bonds. The molecule has 2 aromatic heterocycles. The average molecular weight is 383 g/mol.